The number of pyridine rings is 3. The average molecular weight is 503 g/mol. The Morgan fingerprint density at radius 2 is 1.73 bits per heavy atom. The summed E-state index contributed by atoms with van der Waals surface area (Å²) in [7, 11) is 0. The van der Waals surface area contributed by atoms with Gasteiger partial charge in [-0.2, -0.15) is 4.40 Å². The third-order valence-electron chi connectivity index (χ3n) is 6.62. The van der Waals surface area contributed by atoms with Crippen LogP contribution in [0.1, 0.15) is 5.56 Å². The molecular formula is C29H21ClN7+. The van der Waals surface area contributed by atoms with Crippen molar-refractivity contribution >= 4 is 33.8 Å². The minimum absolute atomic E-state index is 0.507. The summed E-state index contributed by atoms with van der Waals surface area (Å²) >= 11 is 6.16. The molecule has 5 heterocycles. The number of hydrogen-bond acceptors (Lipinski definition) is 4. The fourth-order valence-electron chi connectivity index (χ4n) is 4.75. The van der Waals surface area contributed by atoms with Crippen molar-refractivity contribution in [2.75, 3.05) is 0 Å². The molecule has 178 valence electrons. The summed E-state index contributed by atoms with van der Waals surface area (Å²) in [5, 5.41) is 9.45. The molecule has 0 aliphatic heterocycles. The van der Waals surface area contributed by atoms with E-state index in [1.165, 1.54) is 0 Å². The van der Waals surface area contributed by atoms with Crippen LogP contribution < -0.4 is 10.1 Å². The molecule has 0 bridgehead atoms. The van der Waals surface area contributed by atoms with E-state index < -0.39 is 0 Å². The SMILES string of the molecule is NCc1ccc(-c2nc3cc[n+]4c(-c5cn6cc(Cl)ccc6n5)[nH]nc4c3cc2-c2ccccc2)cc1. The van der Waals surface area contributed by atoms with E-state index in [-0.39, 0.29) is 0 Å². The number of aromatic nitrogens is 6. The Morgan fingerprint density at radius 1 is 0.892 bits per heavy atom. The Balaban J connectivity index is 1.45. The fourth-order valence-corrected chi connectivity index (χ4v) is 4.92. The van der Waals surface area contributed by atoms with Gasteiger partial charge >= 0.3 is 5.65 Å². The number of benzene rings is 2. The van der Waals surface area contributed by atoms with E-state index in [1.807, 2.05) is 63.8 Å². The number of H-pyrrole nitrogens is 1. The van der Waals surface area contributed by atoms with Crippen molar-refractivity contribution in [2.45, 2.75) is 6.54 Å². The summed E-state index contributed by atoms with van der Waals surface area (Å²) < 4.78 is 3.92. The first kappa shape index (κ1) is 21.7. The van der Waals surface area contributed by atoms with Crippen molar-refractivity contribution in [1.82, 2.24) is 24.6 Å². The number of nitrogens with one attached hydrogen (secondary N) is 1. The van der Waals surface area contributed by atoms with Crippen LogP contribution >= 0.6 is 11.6 Å². The summed E-state index contributed by atoms with van der Waals surface area (Å²) in [6, 6.07) is 26.5. The molecule has 0 radical (unpaired) electrons. The number of fused-ring (bicyclic) bond motifs is 4. The first-order valence-electron chi connectivity index (χ1n) is 11.9. The molecule has 7 nitrogen and oxygen atoms in total. The highest BCUT2D eigenvalue weighted by Crippen LogP contribution is 2.34. The van der Waals surface area contributed by atoms with Gasteiger partial charge < -0.3 is 10.1 Å². The lowest BCUT2D eigenvalue weighted by Gasteiger charge is -2.11. The molecule has 8 heteroatoms. The summed E-state index contributed by atoms with van der Waals surface area (Å²) in [6.45, 7) is 0.507. The number of aromatic amines is 1. The normalized spacial score (nSPS) is 11.6. The monoisotopic (exact) mass is 502 g/mol. The van der Waals surface area contributed by atoms with E-state index in [1.54, 1.807) is 0 Å². The van der Waals surface area contributed by atoms with Gasteiger partial charge in [-0.3, -0.25) is 0 Å². The van der Waals surface area contributed by atoms with E-state index in [0.717, 1.165) is 61.7 Å². The van der Waals surface area contributed by atoms with Crippen LogP contribution in [0, 0.1) is 0 Å². The van der Waals surface area contributed by atoms with Gasteiger partial charge in [0.1, 0.15) is 5.65 Å². The number of halogens is 1. The lowest BCUT2D eigenvalue weighted by atomic mass is 9.97. The summed E-state index contributed by atoms with van der Waals surface area (Å²) in [5.74, 6) is 0.777. The Labute approximate surface area is 216 Å². The van der Waals surface area contributed by atoms with Gasteiger partial charge in [0.15, 0.2) is 5.69 Å². The first-order valence-corrected chi connectivity index (χ1v) is 12.3. The van der Waals surface area contributed by atoms with Crippen molar-refractivity contribution in [2.24, 2.45) is 5.73 Å². The Hall–Kier alpha value is -4.59. The third-order valence-corrected chi connectivity index (χ3v) is 6.84. The van der Waals surface area contributed by atoms with Gasteiger partial charge in [-0.15, -0.1) is 5.10 Å². The molecule has 0 spiro atoms. The molecule has 0 unspecified atom stereocenters. The van der Waals surface area contributed by atoms with E-state index in [4.69, 9.17) is 27.3 Å². The largest absolute Gasteiger partial charge is 0.326 e. The highest BCUT2D eigenvalue weighted by molar-refractivity contribution is 6.30. The predicted molar refractivity (Wildman–Crippen MR) is 145 cm³/mol. The van der Waals surface area contributed by atoms with E-state index >= 15 is 0 Å². The standard InChI is InChI=1S/C29H20ClN7/c30-21-10-11-26-32-25(17-36(26)16-21)29-35-34-28-23-14-22(19-4-2-1-3-5-19)27(33-24(23)12-13-37(28)29)20-8-6-18(15-31)7-9-20/h1-14,16-17H,15,31H2/p+1. The molecule has 0 atom stereocenters. The minimum Gasteiger partial charge on any atom is -0.326 e. The molecule has 3 N–H and O–H groups in total. The van der Waals surface area contributed by atoms with E-state index in [2.05, 4.69) is 52.7 Å². The van der Waals surface area contributed by atoms with Gasteiger partial charge in [-0.1, -0.05) is 66.2 Å². The van der Waals surface area contributed by atoms with Crippen molar-refractivity contribution in [3.05, 3.63) is 108 Å². The van der Waals surface area contributed by atoms with Crippen molar-refractivity contribution in [3.8, 4) is 33.9 Å². The zero-order chi connectivity index (χ0) is 24.9. The smallest absolute Gasteiger partial charge is 0.315 e. The van der Waals surface area contributed by atoms with Crippen LogP contribution in [0.2, 0.25) is 5.02 Å². The number of hydrogen-bond donors (Lipinski definition) is 2. The van der Waals surface area contributed by atoms with Crippen LogP contribution in [0.3, 0.4) is 0 Å². The van der Waals surface area contributed by atoms with Crippen molar-refractivity contribution < 1.29 is 4.40 Å². The van der Waals surface area contributed by atoms with Crippen LogP contribution in [0.5, 0.6) is 0 Å². The predicted octanol–water partition coefficient (Wildman–Crippen LogP) is 5.46. The maximum absolute atomic E-state index is 6.16. The molecule has 0 fully saturated rings. The highest BCUT2D eigenvalue weighted by atomic mass is 35.5. The van der Waals surface area contributed by atoms with Crippen LogP contribution in [0.4, 0.5) is 0 Å². The summed E-state index contributed by atoms with van der Waals surface area (Å²) in [6.07, 6.45) is 5.75. The Kier molecular flexibility index (Phi) is 4.99. The second kappa shape index (κ2) is 8.51. The van der Waals surface area contributed by atoms with Crippen LogP contribution in [-0.2, 0) is 6.54 Å². The van der Waals surface area contributed by atoms with Gasteiger partial charge in [0, 0.05) is 35.2 Å². The van der Waals surface area contributed by atoms with Gasteiger partial charge in [-0.05, 0) is 35.4 Å². The maximum Gasteiger partial charge on any atom is 0.315 e. The van der Waals surface area contributed by atoms with Crippen molar-refractivity contribution in [1.29, 1.82) is 0 Å². The molecule has 0 aliphatic rings. The Bertz CT molecular complexity index is 1920. The van der Waals surface area contributed by atoms with Crippen LogP contribution in [0.15, 0.2) is 97.5 Å². The minimum atomic E-state index is 0.507. The van der Waals surface area contributed by atoms with Gasteiger partial charge in [0.05, 0.1) is 27.8 Å². The second-order valence-electron chi connectivity index (χ2n) is 8.90. The second-order valence-corrected chi connectivity index (χ2v) is 9.34. The third kappa shape index (κ3) is 3.64. The highest BCUT2D eigenvalue weighted by Gasteiger charge is 2.22. The average Bonchev–Trinajstić information content (AvgIpc) is 3.57. The van der Waals surface area contributed by atoms with Crippen molar-refractivity contribution in [3.63, 3.8) is 0 Å². The molecule has 7 rings (SSSR count). The van der Waals surface area contributed by atoms with E-state index in [9.17, 15) is 0 Å². The number of rotatable bonds is 4. The zero-order valence-electron chi connectivity index (χ0n) is 19.6. The molecule has 0 aliphatic carbocycles. The molecule has 37 heavy (non-hydrogen) atoms. The quantitative estimate of drug-likeness (QED) is 0.313. The summed E-state index contributed by atoms with van der Waals surface area (Å²) in [5.41, 5.74) is 14.2. The molecular weight excluding hydrogens is 482 g/mol. The molecule has 0 saturated heterocycles. The number of imidazole rings is 1. The van der Waals surface area contributed by atoms with Crippen LogP contribution in [-0.4, -0.2) is 24.6 Å². The first-order chi connectivity index (χ1) is 18.2. The lowest BCUT2D eigenvalue weighted by molar-refractivity contribution is -0.498. The van der Waals surface area contributed by atoms with Gasteiger partial charge in [0.25, 0.3) is 5.82 Å². The zero-order valence-corrected chi connectivity index (χ0v) is 20.4. The number of nitrogens with two attached hydrogens (primary N) is 1. The van der Waals surface area contributed by atoms with E-state index in [0.29, 0.717) is 11.6 Å². The van der Waals surface area contributed by atoms with Gasteiger partial charge in [-0.25, -0.2) is 9.97 Å². The molecule has 0 amide bonds. The Morgan fingerprint density at radius 3 is 2.54 bits per heavy atom. The van der Waals surface area contributed by atoms with Crippen LogP contribution in [0.25, 0.3) is 56.1 Å². The van der Waals surface area contributed by atoms with Gasteiger partial charge in [0.2, 0.25) is 0 Å². The number of nitrogens with zero attached hydrogens (tertiary/aromatic N) is 5. The molecule has 2 aromatic carbocycles. The lowest BCUT2D eigenvalue weighted by Crippen LogP contribution is -2.22. The molecule has 7 aromatic rings. The maximum atomic E-state index is 6.16. The summed E-state index contributed by atoms with van der Waals surface area (Å²) in [4.78, 5) is 9.87. The molecule has 5 aromatic heterocycles. The molecule has 0 saturated carbocycles. The fraction of sp³-hybridized carbons (Fsp3) is 0.0345. The topological polar surface area (TPSA) is 89.0 Å².